The molecule has 1 aromatic carbocycles. The van der Waals surface area contributed by atoms with Gasteiger partial charge < -0.3 is 5.32 Å². The van der Waals surface area contributed by atoms with Crippen molar-refractivity contribution in [2.24, 2.45) is 0 Å². The number of benzene rings is 1. The number of rotatable bonds is 3. The number of hydrogen-bond acceptors (Lipinski definition) is 2. The Morgan fingerprint density at radius 2 is 1.88 bits per heavy atom. The maximum Gasteiger partial charge on any atom is 0.0722 e. The minimum absolute atomic E-state index is 0.584. The van der Waals surface area contributed by atoms with Crippen molar-refractivity contribution >= 4 is 44.8 Å². The van der Waals surface area contributed by atoms with Gasteiger partial charge in [0, 0.05) is 10.7 Å². The summed E-state index contributed by atoms with van der Waals surface area (Å²) in [5, 5.41) is 4.34. The fraction of sp³-hybridized carbons (Fsp3) is 0.0833. The average Bonchev–Trinajstić information content (AvgIpc) is 2.29. The third-order valence-electron chi connectivity index (χ3n) is 2.18. The van der Waals surface area contributed by atoms with E-state index in [1.165, 1.54) is 0 Å². The van der Waals surface area contributed by atoms with Crippen molar-refractivity contribution in [1.82, 2.24) is 4.98 Å². The van der Waals surface area contributed by atoms with Crippen molar-refractivity contribution in [3.05, 3.63) is 56.7 Å². The largest absolute Gasteiger partial charge is 0.377 e. The fourth-order valence-electron chi connectivity index (χ4n) is 1.39. The third-order valence-corrected chi connectivity index (χ3v) is 3.23. The highest BCUT2D eigenvalue weighted by Gasteiger charge is 2.07. The van der Waals surface area contributed by atoms with E-state index in [0.29, 0.717) is 16.6 Å². The number of anilines is 1. The molecule has 88 valence electrons. The zero-order valence-corrected chi connectivity index (χ0v) is 11.9. The van der Waals surface area contributed by atoms with E-state index >= 15 is 0 Å². The van der Waals surface area contributed by atoms with Gasteiger partial charge in [-0.15, -0.1) is 0 Å². The van der Waals surface area contributed by atoms with Gasteiger partial charge in [-0.2, -0.15) is 0 Å². The van der Waals surface area contributed by atoms with Crippen LogP contribution >= 0.6 is 39.1 Å². The summed E-state index contributed by atoms with van der Waals surface area (Å²) in [5.74, 6) is 0. The van der Waals surface area contributed by atoms with Crippen LogP contribution in [0.25, 0.3) is 0 Å². The molecule has 0 bridgehead atoms. The van der Waals surface area contributed by atoms with Gasteiger partial charge in [0.15, 0.2) is 0 Å². The molecule has 0 atom stereocenters. The second kappa shape index (κ2) is 5.71. The summed E-state index contributed by atoms with van der Waals surface area (Å²) in [6.07, 6.45) is 1.75. The van der Waals surface area contributed by atoms with Crippen LogP contribution in [0.2, 0.25) is 10.0 Å². The Hall–Kier alpha value is -0.770. The highest BCUT2D eigenvalue weighted by Crippen LogP contribution is 2.33. The highest BCUT2D eigenvalue weighted by atomic mass is 79.9. The van der Waals surface area contributed by atoms with Gasteiger partial charge in [0.1, 0.15) is 0 Å². The molecule has 0 amide bonds. The van der Waals surface area contributed by atoms with E-state index in [9.17, 15) is 0 Å². The van der Waals surface area contributed by atoms with Crippen LogP contribution in [0.4, 0.5) is 5.69 Å². The molecule has 0 saturated heterocycles. The quantitative estimate of drug-likeness (QED) is 0.876. The van der Waals surface area contributed by atoms with Gasteiger partial charge in [-0.3, -0.25) is 4.98 Å². The Morgan fingerprint density at radius 1 is 1.18 bits per heavy atom. The molecule has 0 spiro atoms. The molecular weight excluding hydrogens is 323 g/mol. The molecule has 0 aliphatic rings. The minimum atomic E-state index is 0.584. The summed E-state index contributed by atoms with van der Waals surface area (Å²) >= 11 is 15.5. The Labute approximate surface area is 118 Å². The number of hydrogen-bond donors (Lipinski definition) is 1. The van der Waals surface area contributed by atoms with Crippen molar-refractivity contribution in [2.45, 2.75) is 6.54 Å². The normalized spacial score (nSPS) is 10.3. The van der Waals surface area contributed by atoms with Gasteiger partial charge in [-0.1, -0.05) is 45.2 Å². The molecular formula is C12H9BrCl2N2. The zero-order chi connectivity index (χ0) is 12.3. The Bertz CT molecular complexity index is 494. The molecule has 2 aromatic rings. The number of halogens is 3. The van der Waals surface area contributed by atoms with Crippen LogP contribution in [0.15, 0.2) is 41.0 Å². The topological polar surface area (TPSA) is 24.9 Å². The third kappa shape index (κ3) is 3.35. The van der Waals surface area contributed by atoms with Gasteiger partial charge in [-0.05, 0) is 24.3 Å². The molecule has 0 radical (unpaired) electrons. The van der Waals surface area contributed by atoms with E-state index in [1.807, 2.05) is 18.2 Å². The monoisotopic (exact) mass is 330 g/mol. The fourth-order valence-corrected chi connectivity index (χ4v) is 2.73. The van der Waals surface area contributed by atoms with E-state index in [-0.39, 0.29) is 0 Å². The summed E-state index contributed by atoms with van der Waals surface area (Å²) in [6, 6.07) is 9.36. The highest BCUT2D eigenvalue weighted by molar-refractivity contribution is 9.10. The standard InChI is InChI=1S/C12H9BrCl2N2/c13-8-5-10(14)12(11(15)6-8)17-7-9-3-1-2-4-16-9/h1-6,17H,7H2. The maximum absolute atomic E-state index is 6.10. The minimum Gasteiger partial charge on any atom is -0.377 e. The van der Waals surface area contributed by atoms with E-state index in [1.54, 1.807) is 18.3 Å². The van der Waals surface area contributed by atoms with Crippen molar-refractivity contribution < 1.29 is 0 Å². The van der Waals surface area contributed by atoms with E-state index in [0.717, 1.165) is 15.9 Å². The molecule has 0 fully saturated rings. The lowest BCUT2D eigenvalue weighted by atomic mass is 10.3. The number of nitrogens with zero attached hydrogens (tertiary/aromatic N) is 1. The number of pyridine rings is 1. The van der Waals surface area contributed by atoms with Crippen LogP contribution in [0.3, 0.4) is 0 Å². The second-order valence-electron chi connectivity index (χ2n) is 3.42. The average molecular weight is 332 g/mol. The second-order valence-corrected chi connectivity index (χ2v) is 5.15. The number of aromatic nitrogens is 1. The van der Waals surface area contributed by atoms with Crippen LogP contribution < -0.4 is 5.32 Å². The Morgan fingerprint density at radius 3 is 2.47 bits per heavy atom. The van der Waals surface area contributed by atoms with Gasteiger partial charge >= 0.3 is 0 Å². The summed E-state index contributed by atoms with van der Waals surface area (Å²) in [5.41, 5.74) is 1.66. The van der Waals surface area contributed by atoms with E-state index in [4.69, 9.17) is 23.2 Å². The molecule has 0 saturated carbocycles. The molecule has 2 rings (SSSR count). The maximum atomic E-state index is 6.10. The van der Waals surface area contributed by atoms with Crippen molar-refractivity contribution in [3.8, 4) is 0 Å². The SMILES string of the molecule is Clc1cc(Br)cc(Cl)c1NCc1ccccn1. The molecule has 17 heavy (non-hydrogen) atoms. The van der Waals surface area contributed by atoms with Gasteiger partial charge in [-0.25, -0.2) is 0 Å². The van der Waals surface area contributed by atoms with Crippen molar-refractivity contribution in [1.29, 1.82) is 0 Å². The van der Waals surface area contributed by atoms with Crippen LogP contribution in [-0.2, 0) is 6.54 Å². The zero-order valence-electron chi connectivity index (χ0n) is 8.75. The Balaban J connectivity index is 2.15. The molecule has 1 aromatic heterocycles. The predicted molar refractivity (Wildman–Crippen MR) is 75.7 cm³/mol. The van der Waals surface area contributed by atoms with Gasteiger partial charge in [0.2, 0.25) is 0 Å². The summed E-state index contributed by atoms with van der Waals surface area (Å²) < 4.78 is 0.857. The molecule has 0 aliphatic carbocycles. The van der Waals surface area contributed by atoms with E-state index in [2.05, 4.69) is 26.2 Å². The van der Waals surface area contributed by atoms with Crippen LogP contribution in [0, 0.1) is 0 Å². The first-order valence-corrected chi connectivity index (χ1v) is 6.50. The van der Waals surface area contributed by atoms with E-state index < -0.39 is 0 Å². The first-order chi connectivity index (χ1) is 8.16. The van der Waals surface area contributed by atoms with Crippen LogP contribution in [0.1, 0.15) is 5.69 Å². The van der Waals surface area contributed by atoms with Crippen molar-refractivity contribution in [3.63, 3.8) is 0 Å². The predicted octanol–water partition coefficient (Wildman–Crippen LogP) is 4.76. The molecule has 1 heterocycles. The lowest BCUT2D eigenvalue weighted by Crippen LogP contribution is -2.02. The molecule has 1 N–H and O–H groups in total. The molecule has 5 heteroatoms. The number of nitrogens with one attached hydrogen (secondary N) is 1. The molecule has 0 unspecified atom stereocenters. The van der Waals surface area contributed by atoms with Crippen LogP contribution in [0.5, 0.6) is 0 Å². The first kappa shape index (κ1) is 12.7. The smallest absolute Gasteiger partial charge is 0.0722 e. The first-order valence-electron chi connectivity index (χ1n) is 4.95. The molecule has 0 aliphatic heterocycles. The van der Waals surface area contributed by atoms with Gasteiger partial charge in [0.05, 0.1) is 28.0 Å². The van der Waals surface area contributed by atoms with Gasteiger partial charge in [0.25, 0.3) is 0 Å². The van der Waals surface area contributed by atoms with Crippen LogP contribution in [-0.4, -0.2) is 4.98 Å². The lowest BCUT2D eigenvalue weighted by molar-refractivity contribution is 1.05. The Kier molecular flexibility index (Phi) is 4.26. The van der Waals surface area contributed by atoms with Crippen molar-refractivity contribution in [2.75, 3.05) is 5.32 Å². The molecule has 2 nitrogen and oxygen atoms in total. The summed E-state index contributed by atoms with van der Waals surface area (Å²) in [4.78, 5) is 4.21. The lowest BCUT2D eigenvalue weighted by Gasteiger charge is -2.10. The summed E-state index contributed by atoms with van der Waals surface area (Å²) in [6.45, 7) is 0.585. The summed E-state index contributed by atoms with van der Waals surface area (Å²) in [7, 11) is 0.